The molecule has 29 heavy (non-hydrogen) atoms. The maximum absolute atomic E-state index is 14.0. The Morgan fingerprint density at radius 1 is 1.07 bits per heavy atom. The van der Waals surface area contributed by atoms with E-state index in [9.17, 15) is 14.0 Å². The molecule has 9 heteroatoms. The first kappa shape index (κ1) is 19.9. The summed E-state index contributed by atoms with van der Waals surface area (Å²) in [5.74, 6) is -2.31. The molecule has 0 bridgehead atoms. The van der Waals surface area contributed by atoms with Gasteiger partial charge in [0, 0.05) is 36.6 Å². The normalized spacial score (nSPS) is 10.4. The molecular formula is C20H18FN5O3. The van der Waals surface area contributed by atoms with Crippen molar-refractivity contribution in [1.82, 2.24) is 20.3 Å². The van der Waals surface area contributed by atoms with Crippen LogP contribution in [0, 0.1) is 5.82 Å². The lowest BCUT2D eigenvalue weighted by Gasteiger charge is -2.09. The molecule has 1 amide bonds. The molecule has 0 radical (unpaired) electrons. The maximum Gasteiger partial charge on any atom is 0.356 e. The number of carbonyl (C=O) groups is 2. The number of benzene rings is 1. The highest BCUT2D eigenvalue weighted by molar-refractivity contribution is 5.95. The maximum atomic E-state index is 14.0. The van der Waals surface area contributed by atoms with E-state index in [1.54, 1.807) is 12.4 Å². The predicted molar refractivity (Wildman–Crippen MR) is 104 cm³/mol. The van der Waals surface area contributed by atoms with E-state index < -0.39 is 17.7 Å². The number of carbonyl (C=O) groups excluding carboxylic acids is 1. The molecule has 2 aromatic heterocycles. The first-order valence-electron chi connectivity index (χ1n) is 8.81. The van der Waals surface area contributed by atoms with Gasteiger partial charge in [-0.2, -0.15) is 0 Å². The number of hydrogen-bond acceptors (Lipinski definition) is 6. The number of aromatic nitrogens is 3. The Hall–Kier alpha value is -3.88. The van der Waals surface area contributed by atoms with Crippen molar-refractivity contribution < 1.29 is 19.1 Å². The number of rotatable bonds is 8. The number of hydrogen-bond donors (Lipinski definition) is 3. The van der Waals surface area contributed by atoms with E-state index in [1.165, 1.54) is 18.3 Å². The van der Waals surface area contributed by atoms with Crippen LogP contribution in [-0.4, -0.2) is 45.0 Å². The van der Waals surface area contributed by atoms with Crippen LogP contribution in [0.4, 0.5) is 10.1 Å². The van der Waals surface area contributed by atoms with Gasteiger partial charge in [-0.15, -0.1) is 0 Å². The van der Waals surface area contributed by atoms with Crippen LogP contribution in [0.15, 0.2) is 55.1 Å². The SMILES string of the molecule is O=C(NCCCNc1cccnc1)c1cc(F)cc(-c2cncc(C(=O)O)n2)c1. The lowest BCUT2D eigenvalue weighted by Crippen LogP contribution is -2.26. The summed E-state index contributed by atoms with van der Waals surface area (Å²) < 4.78 is 14.0. The number of nitrogens with zero attached hydrogens (tertiary/aromatic N) is 3. The van der Waals surface area contributed by atoms with Crippen LogP contribution in [-0.2, 0) is 0 Å². The van der Waals surface area contributed by atoms with Crippen LogP contribution in [0.2, 0.25) is 0 Å². The van der Waals surface area contributed by atoms with Gasteiger partial charge in [0.15, 0.2) is 5.69 Å². The van der Waals surface area contributed by atoms with Gasteiger partial charge in [-0.25, -0.2) is 14.2 Å². The van der Waals surface area contributed by atoms with Gasteiger partial charge < -0.3 is 15.7 Å². The quantitative estimate of drug-likeness (QED) is 0.502. The number of carboxylic acid groups (broad SMARTS) is 1. The van der Waals surface area contributed by atoms with E-state index in [-0.39, 0.29) is 22.5 Å². The van der Waals surface area contributed by atoms with E-state index in [0.717, 1.165) is 18.0 Å². The second kappa shape index (κ2) is 9.36. The molecule has 3 aromatic rings. The number of nitrogens with one attached hydrogen (secondary N) is 2. The Kier molecular flexibility index (Phi) is 6.41. The van der Waals surface area contributed by atoms with Gasteiger partial charge in [0.1, 0.15) is 5.82 Å². The number of anilines is 1. The molecule has 8 nitrogen and oxygen atoms in total. The zero-order valence-electron chi connectivity index (χ0n) is 15.3. The number of aromatic carboxylic acids is 1. The Bertz CT molecular complexity index is 1010. The number of carboxylic acids is 1. The second-order valence-corrected chi connectivity index (χ2v) is 6.10. The number of amides is 1. The monoisotopic (exact) mass is 395 g/mol. The summed E-state index contributed by atoms with van der Waals surface area (Å²) in [6.45, 7) is 1.03. The van der Waals surface area contributed by atoms with Crippen molar-refractivity contribution in [2.45, 2.75) is 6.42 Å². The Morgan fingerprint density at radius 3 is 2.69 bits per heavy atom. The fraction of sp³-hybridized carbons (Fsp3) is 0.150. The fourth-order valence-electron chi connectivity index (χ4n) is 2.57. The summed E-state index contributed by atoms with van der Waals surface area (Å²) >= 11 is 0. The van der Waals surface area contributed by atoms with E-state index >= 15 is 0 Å². The Labute approximate surface area is 165 Å². The molecule has 0 unspecified atom stereocenters. The minimum atomic E-state index is -1.24. The van der Waals surface area contributed by atoms with Crippen molar-refractivity contribution in [1.29, 1.82) is 0 Å². The molecule has 0 aliphatic carbocycles. The van der Waals surface area contributed by atoms with E-state index in [0.29, 0.717) is 19.5 Å². The molecule has 0 spiro atoms. The molecule has 0 aliphatic rings. The van der Waals surface area contributed by atoms with Crippen molar-refractivity contribution in [2.75, 3.05) is 18.4 Å². The van der Waals surface area contributed by atoms with Crippen LogP contribution < -0.4 is 10.6 Å². The second-order valence-electron chi connectivity index (χ2n) is 6.10. The van der Waals surface area contributed by atoms with Gasteiger partial charge >= 0.3 is 5.97 Å². The fourth-order valence-corrected chi connectivity index (χ4v) is 2.57. The smallest absolute Gasteiger partial charge is 0.356 e. The molecule has 0 aliphatic heterocycles. The van der Waals surface area contributed by atoms with Gasteiger partial charge in [0.05, 0.1) is 23.8 Å². The summed E-state index contributed by atoms with van der Waals surface area (Å²) in [5.41, 5.74) is 1.17. The minimum Gasteiger partial charge on any atom is -0.476 e. The average Bonchev–Trinajstić information content (AvgIpc) is 2.73. The molecule has 0 fully saturated rings. The highest BCUT2D eigenvalue weighted by atomic mass is 19.1. The Balaban J connectivity index is 1.61. The summed E-state index contributed by atoms with van der Waals surface area (Å²) in [6, 6.07) is 7.44. The lowest BCUT2D eigenvalue weighted by atomic mass is 10.1. The molecule has 2 heterocycles. The molecule has 148 valence electrons. The largest absolute Gasteiger partial charge is 0.476 e. The van der Waals surface area contributed by atoms with Crippen LogP contribution in [0.1, 0.15) is 27.3 Å². The zero-order valence-corrected chi connectivity index (χ0v) is 15.3. The van der Waals surface area contributed by atoms with Crippen molar-refractivity contribution in [2.24, 2.45) is 0 Å². The third-order valence-electron chi connectivity index (χ3n) is 3.94. The van der Waals surface area contributed by atoms with E-state index in [1.807, 2.05) is 12.1 Å². The highest BCUT2D eigenvalue weighted by Crippen LogP contribution is 2.20. The van der Waals surface area contributed by atoms with Crippen LogP contribution in [0.3, 0.4) is 0 Å². The number of halogens is 1. The molecule has 3 N–H and O–H groups in total. The van der Waals surface area contributed by atoms with Crippen LogP contribution in [0.5, 0.6) is 0 Å². The van der Waals surface area contributed by atoms with Crippen molar-refractivity contribution in [3.05, 3.63) is 72.2 Å². The van der Waals surface area contributed by atoms with Gasteiger partial charge in [-0.3, -0.25) is 14.8 Å². The van der Waals surface area contributed by atoms with Crippen molar-refractivity contribution in [3.63, 3.8) is 0 Å². The van der Waals surface area contributed by atoms with Crippen molar-refractivity contribution >= 4 is 17.6 Å². The molecule has 0 saturated heterocycles. The summed E-state index contributed by atoms with van der Waals surface area (Å²) in [5, 5.41) is 14.9. The van der Waals surface area contributed by atoms with E-state index in [2.05, 4.69) is 25.6 Å². The Morgan fingerprint density at radius 2 is 1.93 bits per heavy atom. The standard InChI is InChI=1S/C20H18FN5O3/c21-15-8-13(17-11-23-12-18(26-17)20(28)29)7-14(9-15)19(27)25-6-2-5-24-16-3-1-4-22-10-16/h1,3-4,7-12,24H,2,5-6H2,(H,25,27)(H,28,29). The number of pyridine rings is 1. The topological polar surface area (TPSA) is 117 Å². The minimum absolute atomic E-state index is 0.114. The average molecular weight is 395 g/mol. The molecule has 1 aromatic carbocycles. The third-order valence-corrected chi connectivity index (χ3v) is 3.94. The third kappa shape index (κ3) is 5.55. The van der Waals surface area contributed by atoms with Crippen LogP contribution >= 0.6 is 0 Å². The predicted octanol–water partition coefficient (Wildman–Crippen LogP) is 2.61. The summed E-state index contributed by atoms with van der Waals surface area (Å²) in [4.78, 5) is 35.1. The van der Waals surface area contributed by atoms with E-state index in [4.69, 9.17) is 5.11 Å². The first-order valence-corrected chi connectivity index (χ1v) is 8.81. The summed E-state index contributed by atoms with van der Waals surface area (Å²) in [6.07, 6.45) is 6.46. The molecular weight excluding hydrogens is 377 g/mol. The molecule has 0 saturated carbocycles. The first-order chi connectivity index (χ1) is 14.0. The lowest BCUT2D eigenvalue weighted by molar-refractivity contribution is 0.0689. The molecule has 0 atom stereocenters. The van der Waals surface area contributed by atoms with Gasteiger partial charge in [-0.1, -0.05) is 0 Å². The van der Waals surface area contributed by atoms with Gasteiger partial charge in [0.2, 0.25) is 0 Å². The molecule has 3 rings (SSSR count). The van der Waals surface area contributed by atoms with Gasteiger partial charge in [-0.05, 0) is 36.8 Å². The van der Waals surface area contributed by atoms with Crippen LogP contribution in [0.25, 0.3) is 11.3 Å². The van der Waals surface area contributed by atoms with Gasteiger partial charge in [0.25, 0.3) is 5.91 Å². The highest BCUT2D eigenvalue weighted by Gasteiger charge is 2.13. The van der Waals surface area contributed by atoms with Crippen molar-refractivity contribution in [3.8, 4) is 11.3 Å². The summed E-state index contributed by atoms with van der Waals surface area (Å²) in [7, 11) is 0. The zero-order chi connectivity index (χ0) is 20.6.